The van der Waals surface area contributed by atoms with Gasteiger partial charge in [0.2, 0.25) is 0 Å². The first-order chi connectivity index (χ1) is 6.71. The molecule has 1 fully saturated rings. The largest absolute Gasteiger partial charge is 0.382 e. The summed E-state index contributed by atoms with van der Waals surface area (Å²) in [6.45, 7) is 9.53. The molecule has 1 atom stereocenters. The normalized spacial score (nSPS) is 28.3. The molecule has 0 aromatic heterocycles. The standard InChI is InChI=1S/C11H24O2Si/c1-4-12-10-8-11(14(2)3)7-5-6-9-13-11/h14H,4-10H2,1-3H3. The molecular weight excluding hydrogens is 192 g/mol. The zero-order valence-electron chi connectivity index (χ0n) is 9.84. The van der Waals surface area contributed by atoms with Gasteiger partial charge < -0.3 is 9.47 Å². The Hall–Kier alpha value is 0.137. The Morgan fingerprint density at radius 3 is 2.64 bits per heavy atom. The highest BCUT2D eigenvalue weighted by Gasteiger charge is 2.36. The van der Waals surface area contributed by atoms with Crippen LogP contribution in [-0.2, 0) is 9.47 Å². The molecule has 14 heavy (non-hydrogen) atoms. The fourth-order valence-corrected chi connectivity index (χ4v) is 4.13. The van der Waals surface area contributed by atoms with E-state index in [-0.39, 0.29) is 5.22 Å². The van der Waals surface area contributed by atoms with E-state index in [0.29, 0.717) is 0 Å². The Balaban J connectivity index is 2.43. The molecule has 0 amide bonds. The lowest BCUT2D eigenvalue weighted by molar-refractivity contribution is -0.0422. The van der Waals surface area contributed by atoms with Gasteiger partial charge in [-0.2, -0.15) is 0 Å². The van der Waals surface area contributed by atoms with Crippen molar-refractivity contribution in [3.63, 3.8) is 0 Å². The summed E-state index contributed by atoms with van der Waals surface area (Å²) in [6.07, 6.45) is 4.98. The lowest BCUT2D eigenvalue weighted by atomic mass is 10.1. The van der Waals surface area contributed by atoms with Crippen molar-refractivity contribution in [3.8, 4) is 0 Å². The summed E-state index contributed by atoms with van der Waals surface area (Å²) in [4.78, 5) is 0. The van der Waals surface area contributed by atoms with Crippen LogP contribution in [0.4, 0.5) is 0 Å². The van der Waals surface area contributed by atoms with E-state index in [2.05, 4.69) is 20.0 Å². The average molecular weight is 216 g/mol. The van der Waals surface area contributed by atoms with E-state index in [9.17, 15) is 0 Å². The Morgan fingerprint density at radius 1 is 1.36 bits per heavy atom. The minimum atomic E-state index is -0.733. The summed E-state index contributed by atoms with van der Waals surface area (Å²) in [6, 6.07) is 0. The van der Waals surface area contributed by atoms with Crippen LogP contribution in [0.15, 0.2) is 0 Å². The van der Waals surface area contributed by atoms with Gasteiger partial charge in [-0.1, -0.05) is 13.1 Å². The molecule has 0 aliphatic carbocycles. The van der Waals surface area contributed by atoms with Crippen molar-refractivity contribution in [3.05, 3.63) is 0 Å². The lowest BCUT2D eigenvalue weighted by Gasteiger charge is -2.40. The van der Waals surface area contributed by atoms with Gasteiger partial charge in [-0.25, -0.2) is 0 Å². The summed E-state index contributed by atoms with van der Waals surface area (Å²) in [7, 11) is -0.733. The molecule has 3 heteroatoms. The van der Waals surface area contributed by atoms with Crippen LogP contribution >= 0.6 is 0 Å². The van der Waals surface area contributed by atoms with Crippen LogP contribution in [-0.4, -0.2) is 33.8 Å². The Bertz CT molecular complexity index is 153. The fourth-order valence-electron chi connectivity index (χ4n) is 2.20. The third kappa shape index (κ3) is 3.07. The second-order valence-electron chi connectivity index (χ2n) is 4.47. The van der Waals surface area contributed by atoms with Crippen LogP contribution in [0, 0.1) is 0 Å². The molecule has 0 radical (unpaired) electrons. The monoisotopic (exact) mass is 216 g/mol. The van der Waals surface area contributed by atoms with Crippen molar-refractivity contribution in [1.82, 2.24) is 0 Å². The molecule has 0 saturated carbocycles. The van der Waals surface area contributed by atoms with Gasteiger partial charge >= 0.3 is 0 Å². The summed E-state index contributed by atoms with van der Waals surface area (Å²) in [5.41, 5.74) is 0. The summed E-state index contributed by atoms with van der Waals surface area (Å²) >= 11 is 0. The minimum Gasteiger partial charge on any atom is -0.382 e. The SMILES string of the molecule is CCOCCC1([SiH](C)C)CCCCO1. The Morgan fingerprint density at radius 2 is 2.14 bits per heavy atom. The lowest BCUT2D eigenvalue weighted by Crippen LogP contribution is -2.48. The van der Waals surface area contributed by atoms with E-state index in [1.807, 2.05) is 0 Å². The zero-order chi connectivity index (χ0) is 10.4. The number of hydrogen-bond donors (Lipinski definition) is 0. The van der Waals surface area contributed by atoms with Crippen LogP contribution in [0.2, 0.25) is 13.1 Å². The van der Waals surface area contributed by atoms with Crippen molar-refractivity contribution in [2.75, 3.05) is 19.8 Å². The molecule has 1 rings (SSSR count). The Labute approximate surface area is 89.6 Å². The van der Waals surface area contributed by atoms with Crippen LogP contribution in [0.1, 0.15) is 32.6 Å². The van der Waals surface area contributed by atoms with E-state index in [4.69, 9.17) is 9.47 Å². The average Bonchev–Trinajstić information content (AvgIpc) is 2.19. The maximum absolute atomic E-state index is 6.06. The molecular formula is C11H24O2Si. The fraction of sp³-hybridized carbons (Fsp3) is 1.00. The molecule has 1 aliphatic heterocycles. The van der Waals surface area contributed by atoms with Crippen molar-refractivity contribution >= 4 is 8.80 Å². The van der Waals surface area contributed by atoms with Crippen LogP contribution < -0.4 is 0 Å². The van der Waals surface area contributed by atoms with Gasteiger partial charge in [0, 0.05) is 19.8 Å². The first-order valence-corrected chi connectivity index (χ1v) is 8.81. The molecule has 2 nitrogen and oxygen atoms in total. The van der Waals surface area contributed by atoms with E-state index >= 15 is 0 Å². The van der Waals surface area contributed by atoms with Gasteiger partial charge in [0.05, 0.1) is 14.0 Å². The maximum Gasteiger partial charge on any atom is 0.0696 e. The van der Waals surface area contributed by atoms with E-state index < -0.39 is 8.80 Å². The minimum absolute atomic E-state index is 0.243. The molecule has 84 valence electrons. The zero-order valence-corrected chi connectivity index (χ0v) is 11.0. The smallest absolute Gasteiger partial charge is 0.0696 e. The number of rotatable bonds is 5. The van der Waals surface area contributed by atoms with Crippen LogP contribution in [0.5, 0.6) is 0 Å². The number of hydrogen-bond acceptors (Lipinski definition) is 2. The summed E-state index contributed by atoms with van der Waals surface area (Å²) < 4.78 is 11.5. The van der Waals surface area contributed by atoms with E-state index in [1.165, 1.54) is 19.3 Å². The maximum atomic E-state index is 6.06. The third-order valence-electron chi connectivity index (χ3n) is 3.31. The second kappa shape index (κ2) is 5.88. The molecule has 1 aliphatic rings. The predicted molar refractivity (Wildman–Crippen MR) is 62.5 cm³/mol. The van der Waals surface area contributed by atoms with E-state index in [1.54, 1.807) is 0 Å². The molecule has 1 saturated heterocycles. The van der Waals surface area contributed by atoms with Crippen molar-refractivity contribution in [1.29, 1.82) is 0 Å². The molecule has 1 heterocycles. The van der Waals surface area contributed by atoms with Crippen LogP contribution in [0.3, 0.4) is 0 Å². The molecule has 1 unspecified atom stereocenters. The third-order valence-corrected chi connectivity index (χ3v) is 6.16. The van der Waals surface area contributed by atoms with E-state index in [0.717, 1.165) is 26.2 Å². The van der Waals surface area contributed by atoms with Gasteiger partial charge in [0.1, 0.15) is 0 Å². The number of ether oxygens (including phenoxy) is 2. The van der Waals surface area contributed by atoms with Crippen LogP contribution in [0.25, 0.3) is 0 Å². The highest BCUT2D eigenvalue weighted by atomic mass is 28.3. The molecule has 0 aromatic carbocycles. The molecule has 0 N–H and O–H groups in total. The quantitative estimate of drug-likeness (QED) is 0.519. The summed E-state index contributed by atoms with van der Waals surface area (Å²) in [5.74, 6) is 0. The van der Waals surface area contributed by atoms with Gasteiger partial charge in [-0.05, 0) is 32.6 Å². The first-order valence-electron chi connectivity index (χ1n) is 5.93. The highest BCUT2D eigenvalue weighted by Crippen LogP contribution is 2.30. The molecule has 0 aromatic rings. The predicted octanol–water partition coefficient (Wildman–Crippen LogP) is 2.38. The van der Waals surface area contributed by atoms with Crippen molar-refractivity contribution < 1.29 is 9.47 Å². The summed E-state index contributed by atoms with van der Waals surface area (Å²) in [5, 5.41) is 0.243. The van der Waals surface area contributed by atoms with Gasteiger partial charge in [-0.15, -0.1) is 0 Å². The van der Waals surface area contributed by atoms with Gasteiger partial charge in [0.15, 0.2) is 0 Å². The second-order valence-corrected chi connectivity index (χ2v) is 7.83. The van der Waals surface area contributed by atoms with Crippen molar-refractivity contribution in [2.24, 2.45) is 0 Å². The first kappa shape index (κ1) is 12.2. The van der Waals surface area contributed by atoms with Crippen molar-refractivity contribution in [2.45, 2.75) is 50.9 Å². The van der Waals surface area contributed by atoms with Gasteiger partial charge in [-0.3, -0.25) is 0 Å². The van der Waals surface area contributed by atoms with Gasteiger partial charge in [0.25, 0.3) is 0 Å². The Kier molecular flexibility index (Phi) is 5.13. The molecule has 0 spiro atoms. The highest BCUT2D eigenvalue weighted by molar-refractivity contribution is 6.59. The topological polar surface area (TPSA) is 18.5 Å². The molecule has 0 bridgehead atoms.